The minimum Gasteiger partial charge on any atom is -0.447 e. The van der Waals surface area contributed by atoms with Gasteiger partial charge in [0, 0.05) is 12.8 Å². The van der Waals surface area contributed by atoms with Gasteiger partial charge in [0.15, 0.2) is 0 Å². The molecule has 2 fully saturated rings. The highest BCUT2D eigenvalue weighted by Crippen LogP contribution is 2.49. The number of nitrogens with zero attached hydrogens (tertiary/aromatic N) is 3. The Balaban J connectivity index is 1.47. The van der Waals surface area contributed by atoms with Gasteiger partial charge in [0.2, 0.25) is 5.95 Å². The van der Waals surface area contributed by atoms with Crippen LogP contribution in [0.5, 0.6) is 0 Å². The fourth-order valence-corrected chi connectivity index (χ4v) is 4.00. The van der Waals surface area contributed by atoms with Crippen LogP contribution in [0.25, 0.3) is 0 Å². The summed E-state index contributed by atoms with van der Waals surface area (Å²) in [6, 6.07) is 10.3. The summed E-state index contributed by atoms with van der Waals surface area (Å²) in [6.45, 7) is 9.37. The second-order valence-electron chi connectivity index (χ2n) is 8.41. The molecule has 0 spiro atoms. The van der Waals surface area contributed by atoms with Crippen molar-refractivity contribution in [3.8, 4) is 0 Å². The summed E-state index contributed by atoms with van der Waals surface area (Å²) in [6.07, 6.45) is 3.49. The first-order chi connectivity index (χ1) is 14.4. The highest BCUT2D eigenvalue weighted by Gasteiger charge is 2.45. The molecule has 4 rings (SSSR count). The average Bonchev–Trinajstić information content (AvgIpc) is 3.41. The molecular weight excluding hydrogens is 380 g/mol. The van der Waals surface area contributed by atoms with Crippen molar-refractivity contribution >= 4 is 17.9 Å². The molecule has 2 atom stereocenters. The van der Waals surface area contributed by atoms with Gasteiger partial charge >= 0.3 is 6.09 Å². The molecule has 160 valence electrons. The predicted molar refractivity (Wildman–Crippen MR) is 116 cm³/mol. The summed E-state index contributed by atoms with van der Waals surface area (Å²) < 4.78 is 11.2. The number of amides is 1. The third-order valence-corrected chi connectivity index (χ3v) is 5.97. The van der Waals surface area contributed by atoms with Gasteiger partial charge < -0.3 is 14.8 Å². The molecule has 0 bridgehead atoms. The van der Waals surface area contributed by atoms with E-state index in [-0.39, 0.29) is 29.7 Å². The van der Waals surface area contributed by atoms with Crippen LogP contribution in [0.1, 0.15) is 57.7 Å². The van der Waals surface area contributed by atoms with Crippen LogP contribution in [-0.4, -0.2) is 35.3 Å². The molecule has 1 saturated heterocycles. The van der Waals surface area contributed by atoms with Gasteiger partial charge in [-0.3, -0.25) is 4.90 Å². The Morgan fingerprint density at radius 1 is 1.23 bits per heavy atom. The highest BCUT2D eigenvalue weighted by atomic mass is 16.6. The minimum atomic E-state index is -0.356. The zero-order valence-corrected chi connectivity index (χ0v) is 18.1. The van der Waals surface area contributed by atoms with E-state index in [0.29, 0.717) is 18.4 Å². The van der Waals surface area contributed by atoms with Crippen molar-refractivity contribution in [2.24, 2.45) is 5.92 Å². The number of nitrogens with one attached hydrogen (secondary N) is 1. The molecular formula is C23H30N4O3. The number of anilines is 2. The van der Waals surface area contributed by atoms with Crippen LogP contribution < -0.4 is 10.2 Å². The Hall–Kier alpha value is -2.67. The van der Waals surface area contributed by atoms with Crippen LogP contribution in [0.15, 0.2) is 36.5 Å². The number of rotatable bonds is 8. The van der Waals surface area contributed by atoms with Gasteiger partial charge in [-0.05, 0) is 49.8 Å². The number of benzene rings is 1. The zero-order chi connectivity index (χ0) is 21.3. The van der Waals surface area contributed by atoms with E-state index < -0.39 is 0 Å². The Morgan fingerprint density at radius 3 is 2.60 bits per heavy atom. The first-order valence-corrected chi connectivity index (χ1v) is 10.7. The summed E-state index contributed by atoms with van der Waals surface area (Å²) in [5, 5.41) is 3.35. The van der Waals surface area contributed by atoms with Crippen LogP contribution in [-0.2, 0) is 15.1 Å². The molecule has 1 aliphatic heterocycles. The van der Waals surface area contributed by atoms with Gasteiger partial charge in [-0.1, -0.05) is 38.1 Å². The summed E-state index contributed by atoms with van der Waals surface area (Å²) in [5.74, 6) is 1.31. The molecule has 1 aliphatic carbocycles. The fourth-order valence-electron chi connectivity index (χ4n) is 4.00. The summed E-state index contributed by atoms with van der Waals surface area (Å²) in [7, 11) is 0. The van der Waals surface area contributed by atoms with E-state index >= 15 is 0 Å². The Kier molecular flexibility index (Phi) is 5.64. The van der Waals surface area contributed by atoms with Gasteiger partial charge in [-0.25, -0.2) is 9.78 Å². The fraction of sp³-hybridized carbons (Fsp3) is 0.522. The Bertz CT molecular complexity index is 896. The van der Waals surface area contributed by atoms with Gasteiger partial charge in [-0.2, -0.15) is 4.98 Å². The van der Waals surface area contributed by atoms with E-state index in [9.17, 15) is 4.79 Å². The summed E-state index contributed by atoms with van der Waals surface area (Å²) in [5.41, 5.74) is 2.31. The van der Waals surface area contributed by atoms with E-state index in [1.165, 1.54) is 5.56 Å². The molecule has 30 heavy (non-hydrogen) atoms. The normalized spacial score (nSPS) is 20.9. The van der Waals surface area contributed by atoms with Crippen molar-refractivity contribution in [3.05, 3.63) is 47.7 Å². The number of cyclic esters (lactones) is 1. The molecule has 1 amide bonds. The molecule has 2 heterocycles. The van der Waals surface area contributed by atoms with Crippen molar-refractivity contribution < 1.29 is 14.3 Å². The van der Waals surface area contributed by atoms with Gasteiger partial charge in [0.1, 0.15) is 12.4 Å². The molecule has 1 saturated carbocycles. The molecule has 7 nitrogen and oxygen atoms in total. The Morgan fingerprint density at radius 2 is 1.97 bits per heavy atom. The molecule has 1 aromatic heterocycles. The average molecular weight is 411 g/mol. The SMILES string of the molecule is CCOC1(c2ccc(C(C)Nc3nccc(N4C(=O)OCC4C(C)C)n3)cc2)CC1. The van der Waals surface area contributed by atoms with E-state index in [0.717, 1.165) is 25.0 Å². The summed E-state index contributed by atoms with van der Waals surface area (Å²) in [4.78, 5) is 22.8. The monoisotopic (exact) mass is 410 g/mol. The van der Waals surface area contributed by atoms with Crippen LogP contribution in [0.3, 0.4) is 0 Å². The zero-order valence-electron chi connectivity index (χ0n) is 18.1. The smallest absolute Gasteiger partial charge is 0.415 e. The predicted octanol–water partition coefficient (Wildman–Crippen LogP) is 4.66. The van der Waals surface area contributed by atoms with Gasteiger partial charge in [-0.15, -0.1) is 0 Å². The molecule has 2 aliphatic rings. The number of carbonyl (C=O) groups excluding carboxylic acids is 1. The van der Waals surface area contributed by atoms with E-state index in [2.05, 4.69) is 60.3 Å². The molecule has 1 N–H and O–H groups in total. The lowest BCUT2D eigenvalue weighted by atomic mass is 10.0. The van der Waals surface area contributed by atoms with Crippen molar-refractivity contribution in [1.29, 1.82) is 0 Å². The summed E-state index contributed by atoms with van der Waals surface area (Å²) >= 11 is 0. The third-order valence-electron chi connectivity index (χ3n) is 5.97. The Labute approximate surface area is 177 Å². The molecule has 1 aromatic carbocycles. The van der Waals surface area contributed by atoms with Crippen LogP contribution in [0.2, 0.25) is 0 Å². The topological polar surface area (TPSA) is 76.6 Å². The van der Waals surface area contributed by atoms with Crippen LogP contribution in [0.4, 0.5) is 16.6 Å². The number of aromatic nitrogens is 2. The lowest BCUT2D eigenvalue weighted by Crippen LogP contribution is -2.37. The van der Waals surface area contributed by atoms with E-state index in [4.69, 9.17) is 9.47 Å². The molecule has 0 radical (unpaired) electrons. The highest BCUT2D eigenvalue weighted by molar-refractivity contribution is 5.89. The maximum Gasteiger partial charge on any atom is 0.415 e. The number of carbonyl (C=O) groups is 1. The van der Waals surface area contributed by atoms with Gasteiger partial charge in [0.25, 0.3) is 0 Å². The lowest BCUT2D eigenvalue weighted by Gasteiger charge is -2.24. The first-order valence-electron chi connectivity index (χ1n) is 10.7. The maximum atomic E-state index is 12.2. The largest absolute Gasteiger partial charge is 0.447 e. The number of ether oxygens (including phenoxy) is 2. The molecule has 2 aromatic rings. The molecule has 7 heteroatoms. The van der Waals surface area contributed by atoms with E-state index in [1.54, 1.807) is 17.2 Å². The maximum absolute atomic E-state index is 12.2. The van der Waals surface area contributed by atoms with Crippen molar-refractivity contribution in [3.63, 3.8) is 0 Å². The van der Waals surface area contributed by atoms with Crippen molar-refractivity contribution in [2.75, 3.05) is 23.4 Å². The van der Waals surface area contributed by atoms with Crippen molar-refractivity contribution in [2.45, 2.75) is 58.2 Å². The standard InChI is InChI=1S/C23H30N4O3/c1-5-30-23(11-12-23)18-8-6-17(7-9-18)16(4)25-21-24-13-10-20(26-21)27-19(15(2)3)14-29-22(27)28/h6-10,13,15-16,19H,5,11-12,14H2,1-4H3,(H,24,25,26). The quantitative estimate of drug-likeness (QED) is 0.682. The minimum absolute atomic E-state index is 0.0166. The third kappa shape index (κ3) is 3.99. The van der Waals surface area contributed by atoms with E-state index in [1.807, 2.05) is 6.92 Å². The number of hydrogen-bond donors (Lipinski definition) is 1. The van der Waals surface area contributed by atoms with Crippen LogP contribution >= 0.6 is 0 Å². The second-order valence-corrected chi connectivity index (χ2v) is 8.41. The molecule has 2 unspecified atom stereocenters. The van der Waals surface area contributed by atoms with Crippen molar-refractivity contribution in [1.82, 2.24) is 9.97 Å². The van der Waals surface area contributed by atoms with Crippen LogP contribution in [0, 0.1) is 5.92 Å². The second kappa shape index (κ2) is 8.22. The van der Waals surface area contributed by atoms with Gasteiger partial charge in [0.05, 0.1) is 17.7 Å². The first kappa shape index (κ1) is 20.6. The lowest BCUT2D eigenvalue weighted by molar-refractivity contribution is 0.0396. The number of hydrogen-bond acceptors (Lipinski definition) is 6.